The second-order valence-electron chi connectivity index (χ2n) is 6.03. The van der Waals surface area contributed by atoms with Gasteiger partial charge in [0.25, 0.3) is 0 Å². The lowest BCUT2D eigenvalue weighted by molar-refractivity contribution is -0.145. The van der Waals surface area contributed by atoms with Gasteiger partial charge in [-0.25, -0.2) is 14.5 Å². The van der Waals surface area contributed by atoms with Crippen molar-refractivity contribution in [2.45, 2.75) is 19.5 Å². The third-order valence-electron chi connectivity index (χ3n) is 4.38. The minimum atomic E-state index is -1.39. The number of hydrogen-bond donors (Lipinski definition) is 2. The third-order valence-corrected chi connectivity index (χ3v) is 4.38. The molecule has 2 heterocycles. The number of para-hydroxylation sites is 1. The molecule has 2 aromatic carbocycles. The van der Waals surface area contributed by atoms with Crippen LogP contribution in [0.25, 0.3) is 22.8 Å². The molecule has 1 aliphatic rings. The molecular formula is C18H16N4O2. The number of fused-ring (bicyclic) bond motifs is 3. The van der Waals surface area contributed by atoms with Gasteiger partial charge >= 0.3 is 5.97 Å². The summed E-state index contributed by atoms with van der Waals surface area (Å²) in [6.07, 6.45) is 0. The molecule has 4 rings (SSSR count). The number of aryl methyl sites for hydroxylation is 1. The highest BCUT2D eigenvalue weighted by atomic mass is 16.4. The molecule has 0 fully saturated rings. The molecule has 1 aromatic heterocycles. The Hall–Kier alpha value is -3.15. The van der Waals surface area contributed by atoms with E-state index in [9.17, 15) is 9.90 Å². The van der Waals surface area contributed by atoms with E-state index in [-0.39, 0.29) is 0 Å². The number of carboxylic acid groups (broad SMARTS) is 1. The molecule has 0 bridgehead atoms. The minimum Gasteiger partial charge on any atom is -0.478 e. The van der Waals surface area contributed by atoms with Crippen LogP contribution in [0.4, 0.5) is 5.69 Å². The predicted molar refractivity (Wildman–Crippen MR) is 90.5 cm³/mol. The summed E-state index contributed by atoms with van der Waals surface area (Å²) in [6, 6.07) is 15.3. The molecule has 1 aliphatic heterocycles. The molecule has 24 heavy (non-hydrogen) atoms. The topological polar surface area (TPSA) is 80.0 Å². The zero-order valence-corrected chi connectivity index (χ0v) is 13.3. The van der Waals surface area contributed by atoms with Gasteiger partial charge in [0.1, 0.15) is 0 Å². The standard InChI is InChI=1S/C18H16N4O2/c1-11-7-3-4-8-12(11)15-19-16-13-9-5-6-10-14(13)20-18(2,17(23)24)22(16)21-15/h3-10,20H,1-2H3,(H,23,24)/t18-/m1/s1. The van der Waals surface area contributed by atoms with E-state index in [1.807, 2.05) is 55.5 Å². The van der Waals surface area contributed by atoms with E-state index >= 15 is 0 Å². The largest absolute Gasteiger partial charge is 0.478 e. The molecule has 0 saturated heterocycles. The first-order chi connectivity index (χ1) is 11.5. The average molecular weight is 320 g/mol. The van der Waals surface area contributed by atoms with Crippen molar-refractivity contribution >= 4 is 11.7 Å². The predicted octanol–water partition coefficient (Wildman–Crippen LogP) is 3.10. The normalized spacial score (nSPS) is 18.4. The zero-order valence-electron chi connectivity index (χ0n) is 13.3. The molecule has 0 aliphatic carbocycles. The van der Waals surface area contributed by atoms with Crippen LogP contribution in [0.15, 0.2) is 48.5 Å². The van der Waals surface area contributed by atoms with Gasteiger partial charge < -0.3 is 10.4 Å². The van der Waals surface area contributed by atoms with Gasteiger partial charge in [-0.15, -0.1) is 5.10 Å². The first kappa shape index (κ1) is 14.4. The lowest BCUT2D eigenvalue weighted by atomic mass is 10.0. The lowest BCUT2D eigenvalue weighted by Gasteiger charge is -2.33. The van der Waals surface area contributed by atoms with Gasteiger partial charge in [0, 0.05) is 16.8 Å². The van der Waals surface area contributed by atoms with Crippen molar-refractivity contribution in [1.82, 2.24) is 14.8 Å². The van der Waals surface area contributed by atoms with E-state index in [1.54, 1.807) is 6.92 Å². The van der Waals surface area contributed by atoms with Crippen molar-refractivity contribution in [3.05, 3.63) is 54.1 Å². The molecule has 1 atom stereocenters. The van der Waals surface area contributed by atoms with E-state index in [2.05, 4.69) is 15.4 Å². The van der Waals surface area contributed by atoms with Crippen LogP contribution < -0.4 is 5.32 Å². The number of hydrogen-bond acceptors (Lipinski definition) is 4. The number of benzene rings is 2. The fourth-order valence-corrected chi connectivity index (χ4v) is 2.98. The molecule has 0 saturated carbocycles. The number of anilines is 1. The van der Waals surface area contributed by atoms with Gasteiger partial charge in [-0.3, -0.25) is 0 Å². The van der Waals surface area contributed by atoms with E-state index in [4.69, 9.17) is 0 Å². The summed E-state index contributed by atoms with van der Waals surface area (Å²) >= 11 is 0. The number of nitrogens with zero attached hydrogens (tertiary/aromatic N) is 3. The molecule has 2 N–H and O–H groups in total. The molecule has 0 spiro atoms. The number of carbonyl (C=O) groups is 1. The Bertz CT molecular complexity index is 963. The van der Waals surface area contributed by atoms with Gasteiger partial charge in [0.15, 0.2) is 11.6 Å². The van der Waals surface area contributed by atoms with E-state index in [0.717, 1.165) is 22.4 Å². The second-order valence-corrected chi connectivity index (χ2v) is 6.03. The van der Waals surface area contributed by atoms with Crippen molar-refractivity contribution in [2.24, 2.45) is 0 Å². The maximum atomic E-state index is 11.9. The van der Waals surface area contributed by atoms with Gasteiger partial charge in [-0.2, -0.15) is 0 Å². The quantitative estimate of drug-likeness (QED) is 0.758. The summed E-state index contributed by atoms with van der Waals surface area (Å²) in [7, 11) is 0. The Morgan fingerprint density at radius 2 is 1.79 bits per heavy atom. The molecule has 0 amide bonds. The van der Waals surface area contributed by atoms with Crippen LogP contribution in [0.3, 0.4) is 0 Å². The molecular weight excluding hydrogens is 304 g/mol. The average Bonchev–Trinajstić information content (AvgIpc) is 3.01. The van der Waals surface area contributed by atoms with Crippen LogP contribution in [-0.2, 0) is 10.5 Å². The van der Waals surface area contributed by atoms with Crippen molar-refractivity contribution < 1.29 is 9.90 Å². The fourth-order valence-electron chi connectivity index (χ4n) is 2.98. The Labute approximate surface area is 138 Å². The number of rotatable bonds is 2. The number of nitrogens with one attached hydrogen (secondary N) is 1. The van der Waals surface area contributed by atoms with Crippen LogP contribution >= 0.6 is 0 Å². The Morgan fingerprint density at radius 3 is 2.50 bits per heavy atom. The van der Waals surface area contributed by atoms with Crippen molar-refractivity contribution in [1.29, 1.82) is 0 Å². The van der Waals surface area contributed by atoms with Crippen LogP contribution in [0.2, 0.25) is 0 Å². The molecule has 0 unspecified atom stereocenters. The van der Waals surface area contributed by atoms with Gasteiger partial charge in [-0.1, -0.05) is 36.4 Å². The zero-order chi connectivity index (χ0) is 16.9. The van der Waals surface area contributed by atoms with Crippen LogP contribution in [0, 0.1) is 6.92 Å². The second kappa shape index (κ2) is 4.92. The van der Waals surface area contributed by atoms with E-state index in [0.29, 0.717) is 11.6 Å². The first-order valence-electron chi connectivity index (χ1n) is 7.65. The number of aliphatic carboxylic acids is 1. The van der Waals surface area contributed by atoms with Gasteiger partial charge in [0.2, 0.25) is 5.66 Å². The summed E-state index contributed by atoms with van der Waals surface area (Å²) in [5, 5.41) is 17.3. The van der Waals surface area contributed by atoms with Gasteiger partial charge in [-0.05, 0) is 31.5 Å². The summed E-state index contributed by atoms with van der Waals surface area (Å²) in [6.45, 7) is 3.57. The first-order valence-corrected chi connectivity index (χ1v) is 7.65. The molecule has 0 radical (unpaired) electrons. The Morgan fingerprint density at radius 1 is 1.12 bits per heavy atom. The summed E-state index contributed by atoms with van der Waals surface area (Å²) in [5.74, 6) is 0.0565. The number of aromatic nitrogens is 3. The highest BCUT2D eigenvalue weighted by Gasteiger charge is 2.43. The summed E-state index contributed by atoms with van der Waals surface area (Å²) in [4.78, 5) is 16.6. The monoisotopic (exact) mass is 320 g/mol. The maximum Gasteiger partial charge on any atom is 0.352 e. The Kier molecular flexibility index (Phi) is 2.96. The lowest BCUT2D eigenvalue weighted by Crippen LogP contribution is -2.49. The van der Waals surface area contributed by atoms with Crippen LogP contribution in [-0.4, -0.2) is 25.8 Å². The van der Waals surface area contributed by atoms with Crippen LogP contribution in [0.5, 0.6) is 0 Å². The highest BCUT2D eigenvalue weighted by molar-refractivity contribution is 5.87. The van der Waals surface area contributed by atoms with Gasteiger partial charge in [0.05, 0.1) is 0 Å². The highest BCUT2D eigenvalue weighted by Crippen LogP contribution is 2.38. The van der Waals surface area contributed by atoms with Crippen molar-refractivity contribution in [3.63, 3.8) is 0 Å². The van der Waals surface area contributed by atoms with Crippen molar-refractivity contribution in [2.75, 3.05) is 5.32 Å². The smallest absolute Gasteiger partial charge is 0.352 e. The maximum absolute atomic E-state index is 11.9. The molecule has 120 valence electrons. The minimum absolute atomic E-state index is 0.522. The van der Waals surface area contributed by atoms with E-state index in [1.165, 1.54) is 4.68 Å². The van der Waals surface area contributed by atoms with Crippen molar-refractivity contribution in [3.8, 4) is 22.8 Å². The fraction of sp³-hybridized carbons (Fsp3) is 0.167. The summed E-state index contributed by atoms with van der Waals surface area (Å²) < 4.78 is 1.46. The third kappa shape index (κ3) is 1.93. The molecule has 3 aromatic rings. The van der Waals surface area contributed by atoms with Crippen LogP contribution in [0.1, 0.15) is 12.5 Å². The number of carboxylic acids is 1. The SMILES string of the molecule is Cc1ccccc1-c1nc2n(n1)[C@](C)(C(=O)O)Nc1ccccc1-2. The Balaban J connectivity index is 1.99. The molecule has 6 heteroatoms. The summed E-state index contributed by atoms with van der Waals surface area (Å²) in [5.41, 5.74) is 2.11. The molecule has 6 nitrogen and oxygen atoms in total. The van der Waals surface area contributed by atoms with E-state index < -0.39 is 11.6 Å².